The quantitative estimate of drug-likeness (QED) is 0.591. The minimum Gasteiger partial charge on any atom is -0.479 e. The lowest BCUT2D eigenvalue weighted by molar-refractivity contribution is -0.127. The first-order valence-electron chi connectivity index (χ1n) is 10.8. The molecule has 168 valence electrons. The van der Waals surface area contributed by atoms with Crippen molar-refractivity contribution in [2.45, 2.75) is 46.1 Å². The number of benzene rings is 1. The maximum Gasteiger partial charge on any atom is 0.268 e. The van der Waals surface area contributed by atoms with Gasteiger partial charge in [0.2, 0.25) is 5.91 Å². The second-order valence-corrected chi connectivity index (χ2v) is 10.7. The van der Waals surface area contributed by atoms with Crippen LogP contribution in [0.2, 0.25) is 0 Å². The molecule has 1 aliphatic heterocycles. The van der Waals surface area contributed by atoms with Crippen molar-refractivity contribution < 1.29 is 14.3 Å². The number of aryl methyl sites for hydroxylation is 3. The second-order valence-electron chi connectivity index (χ2n) is 8.23. The monoisotopic (exact) mass is 478 g/mol. The summed E-state index contributed by atoms with van der Waals surface area (Å²) in [6.45, 7) is 5.49. The van der Waals surface area contributed by atoms with Gasteiger partial charge in [-0.2, -0.15) is 5.26 Å². The Morgan fingerprint density at radius 3 is 2.88 bits per heavy atom. The minimum atomic E-state index is -0.695. The van der Waals surface area contributed by atoms with Crippen molar-refractivity contribution in [2.24, 2.45) is 0 Å². The number of thiazole rings is 1. The lowest BCUT2D eigenvalue weighted by Crippen LogP contribution is -2.47. The smallest absolute Gasteiger partial charge is 0.268 e. The summed E-state index contributed by atoms with van der Waals surface area (Å²) in [7, 11) is 0. The number of amides is 2. The molecule has 1 N–H and O–H groups in total. The highest BCUT2D eigenvalue weighted by molar-refractivity contribution is 7.16. The number of hydrogen-bond donors (Lipinski definition) is 1. The number of thiophene rings is 1. The Hall–Kier alpha value is -3.22. The number of aromatic nitrogens is 1. The first-order valence-corrected chi connectivity index (χ1v) is 12.4. The molecule has 0 radical (unpaired) electrons. The Kier molecular flexibility index (Phi) is 5.43. The maximum absolute atomic E-state index is 13.0. The lowest BCUT2D eigenvalue weighted by Gasteiger charge is -2.32. The topological polar surface area (TPSA) is 95.3 Å². The molecule has 3 aromatic rings. The molecule has 1 atom stereocenters. The molecule has 1 aromatic carbocycles. The largest absolute Gasteiger partial charge is 0.479 e. The van der Waals surface area contributed by atoms with E-state index < -0.39 is 6.10 Å². The molecule has 33 heavy (non-hydrogen) atoms. The molecule has 1 aliphatic carbocycles. The van der Waals surface area contributed by atoms with E-state index in [0.29, 0.717) is 22.0 Å². The summed E-state index contributed by atoms with van der Waals surface area (Å²) in [5, 5.41) is 14.0. The molecule has 0 saturated heterocycles. The third-order valence-electron chi connectivity index (χ3n) is 5.93. The first kappa shape index (κ1) is 21.6. The van der Waals surface area contributed by atoms with Crippen molar-refractivity contribution in [3.8, 4) is 23.1 Å². The Morgan fingerprint density at radius 2 is 2.15 bits per heavy atom. The van der Waals surface area contributed by atoms with Gasteiger partial charge in [0.05, 0.1) is 22.0 Å². The molecule has 7 nitrogen and oxygen atoms in total. The Labute approximate surface area is 199 Å². The highest BCUT2D eigenvalue weighted by Crippen LogP contribution is 2.40. The summed E-state index contributed by atoms with van der Waals surface area (Å²) in [5.74, 6) is -0.0721. The number of carbonyl (C=O) groups is 2. The predicted octanol–water partition coefficient (Wildman–Crippen LogP) is 4.60. The Balaban J connectivity index is 1.44. The normalized spacial score (nSPS) is 16.7. The van der Waals surface area contributed by atoms with Gasteiger partial charge in [-0.05, 0) is 63.8 Å². The number of rotatable bonds is 4. The van der Waals surface area contributed by atoms with Crippen molar-refractivity contribution in [3.63, 3.8) is 0 Å². The summed E-state index contributed by atoms with van der Waals surface area (Å²) in [5.41, 5.74) is 3.89. The van der Waals surface area contributed by atoms with E-state index in [4.69, 9.17) is 4.74 Å². The van der Waals surface area contributed by atoms with Gasteiger partial charge in [-0.15, -0.1) is 22.7 Å². The maximum atomic E-state index is 13.0. The highest BCUT2D eigenvalue weighted by Gasteiger charge is 2.34. The van der Waals surface area contributed by atoms with Crippen LogP contribution in [0.5, 0.6) is 5.75 Å². The number of nitriles is 1. The van der Waals surface area contributed by atoms with Gasteiger partial charge >= 0.3 is 0 Å². The average molecular weight is 479 g/mol. The average Bonchev–Trinajstić information content (AvgIpc) is 3.45. The van der Waals surface area contributed by atoms with Crippen molar-refractivity contribution in [3.05, 3.63) is 44.1 Å². The summed E-state index contributed by atoms with van der Waals surface area (Å²) < 4.78 is 5.80. The van der Waals surface area contributed by atoms with E-state index in [1.54, 1.807) is 18.3 Å². The van der Waals surface area contributed by atoms with Gasteiger partial charge in [-0.25, -0.2) is 4.98 Å². The van der Waals surface area contributed by atoms with Crippen LogP contribution >= 0.6 is 22.7 Å². The molecular weight excluding hydrogens is 456 g/mol. The second kappa shape index (κ2) is 8.28. The summed E-state index contributed by atoms with van der Waals surface area (Å²) in [4.78, 5) is 34.3. The van der Waals surface area contributed by atoms with Crippen molar-refractivity contribution in [1.29, 1.82) is 5.26 Å². The SMILES string of the molecule is Cc1nc(-c2ccc3c(c2)N(CC(=O)Nc2sc4c(c2C#N)CCC4)C(=O)C(C)O3)c(C)s1. The van der Waals surface area contributed by atoms with Crippen LogP contribution in [-0.4, -0.2) is 29.4 Å². The number of ether oxygens (including phenoxy) is 1. The standard InChI is InChI=1S/C24H22N4O3S2/c1-12-24(30)28(11-21(29)27-23-17(10-25)16-5-4-6-20(16)33-23)18-9-15(7-8-19(18)31-12)22-13(2)32-14(3)26-22/h7-9,12H,4-6,11H2,1-3H3,(H,27,29). The van der Waals surface area contributed by atoms with E-state index in [2.05, 4.69) is 16.4 Å². The van der Waals surface area contributed by atoms with Crippen LogP contribution in [-0.2, 0) is 22.4 Å². The Morgan fingerprint density at radius 1 is 1.33 bits per heavy atom. The van der Waals surface area contributed by atoms with Crippen LogP contribution in [0.15, 0.2) is 18.2 Å². The van der Waals surface area contributed by atoms with Crippen LogP contribution in [0.4, 0.5) is 10.7 Å². The van der Waals surface area contributed by atoms with Crippen molar-refractivity contribution in [1.82, 2.24) is 4.98 Å². The lowest BCUT2D eigenvalue weighted by atomic mass is 10.1. The fourth-order valence-corrected chi connectivity index (χ4v) is 6.53. The van der Waals surface area contributed by atoms with E-state index in [9.17, 15) is 14.9 Å². The van der Waals surface area contributed by atoms with E-state index in [-0.39, 0.29) is 18.4 Å². The van der Waals surface area contributed by atoms with Crippen molar-refractivity contribution in [2.75, 3.05) is 16.8 Å². The molecule has 0 fully saturated rings. The zero-order chi connectivity index (χ0) is 23.3. The number of nitrogens with one attached hydrogen (secondary N) is 1. The number of fused-ring (bicyclic) bond motifs is 2. The fourth-order valence-electron chi connectivity index (χ4n) is 4.43. The predicted molar refractivity (Wildman–Crippen MR) is 129 cm³/mol. The molecule has 2 amide bonds. The number of hydrogen-bond acceptors (Lipinski definition) is 7. The molecule has 1 unspecified atom stereocenters. The third-order valence-corrected chi connectivity index (χ3v) is 8.03. The van der Waals surface area contributed by atoms with Gasteiger partial charge in [0.25, 0.3) is 5.91 Å². The number of carbonyl (C=O) groups excluding carboxylic acids is 2. The molecule has 0 saturated carbocycles. The van der Waals surface area contributed by atoms with Crippen LogP contribution in [0.25, 0.3) is 11.3 Å². The summed E-state index contributed by atoms with van der Waals surface area (Å²) >= 11 is 3.08. The summed E-state index contributed by atoms with van der Waals surface area (Å²) in [6.07, 6.45) is 2.16. The fraction of sp³-hybridized carbons (Fsp3) is 0.333. The molecular formula is C24H22N4O3S2. The number of anilines is 2. The van der Waals surface area contributed by atoms with Gasteiger partial charge in [-0.1, -0.05) is 0 Å². The van der Waals surface area contributed by atoms with E-state index in [0.717, 1.165) is 46.0 Å². The van der Waals surface area contributed by atoms with Crippen LogP contribution in [0.3, 0.4) is 0 Å². The Bertz CT molecular complexity index is 1330. The molecule has 2 aromatic heterocycles. The van der Waals surface area contributed by atoms with Gasteiger partial charge < -0.3 is 10.1 Å². The van der Waals surface area contributed by atoms with Crippen molar-refractivity contribution >= 4 is 45.2 Å². The van der Waals surface area contributed by atoms with Gasteiger partial charge in [0, 0.05) is 15.3 Å². The van der Waals surface area contributed by atoms with Crippen LogP contribution in [0.1, 0.15) is 39.2 Å². The van der Waals surface area contributed by atoms with E-state index in [1.165, 1.54) is 21.1 Å². The van der Waals surface area contributed by atoms with Gasteiger partial charge in [-0.3, -0.25) is 14.5 Å². The van der Waals surface area contributed by atoms with Gasteiger partial charge in [0.1, 0.15) is 23.4 Å². The molecule has 0 spiro atoms. The third kappa shape index (κ3) is 3.79. The number of nitrogens with zero attached hydrogens (tertiary/aromatic N) is 3. The molecule has 3 heterocycles. The molecule has 9 heteroatoms. The minimum absolute atomic E-state index is 0.161. The highest BCUT2D eigenvalue weighted by atomic mass is 32.1. The van der Waals surface area contributed by atoms with Crippen LogP contribution in [0, 0.1) is 25.2 Å². The molecule has 0 bridgehead atoms. The van der Waals surface area contributed by atoms with Crippen LogP contribution < -0.4 is 15.0 Å². The first-order chi connectivity index (χ1) is 15.9. The molecule has 2 aliphatic rings. The van der Waals surface area contributed by atoms with Gasteiger partial charge in [0.15, 0.2) is 6.10 Å². The van der Waals surface area contributed by atoms with E-state index in [1.807, 2.05) is 32.0 Å². The zero-order valence-corrected chi connectivity index (χ0v) is 20.2. The molecule has 5 rings (SSSR count). The van der Waals surface area contributed by atoms with E-state index >= 15 is 0 Å². The summed E-state index contributed by atoms with van der Waals surface area (Å²) in [6, 6.07) is 7.84. The zero-order valence-electron chi connectivity index (χ0n) is 18.5.